The lowest BCUT2D eigenvalue weighted by atomic mass is 9.74. The van der Waals surface area contributed by atoms with Crippen LogP contribution in [0.5, 0.6) is 0 Å². The van der Waals surface area contributed by atoms with Crippen molar-refractivity contribution < 1.29 is 4.79 Å². The molecule has 1 aromatic rings. The van der Waals surface area contributed by atoms with Crippen LogP contribution in [0.15, 0.2) is 24.3 Å². The van der Waals surface area contributed by atoms with Gasteiger partial charge in [0.2, 0.25) is 0 Å². The first-order chi connectivity index (χ1) is 9.64. The van der Waals surface area contributed by atoms with E-state index < -0.39 is 0 Å². The van der Waals surface area contributed by atoms with Crippen molar-refractivity contribution in [3.05, 3.63) is 29.8 Å². The molecule has 2 rings (SSSR count). The van der Waals surface area contributed by atoms with Crippen LogP contribution in [0.25, 0.3) is 0 Å². The van der Waals surface area contributed by atoms with Gasteiger partial charge in [-0.1, -0.05) is 33.6 Å². The Morgan fingerprint density at radius 2 is 1.60 bits per heavy atom. The molecule has 0 amide bonds. The first kappa shape index (κ1) is 15.1. The van der Waals surface area contributed by atoms with Crippen molar-refractivity contribution in [2.75, 3.05) is 18.0 Å². The number of hydrogen-bond donors (Lipinski definition) is 0. The average molecular weight is 273 g/mol. The summed E-state index contributed by atoms with van der Waals surface area (Å²) in [5, 5.41) is 0. The summed E-state index contributed by atoms with van der Waals surface area (Å²) in [6.45, 7) is 8.84. The van der Waals surface area contributed by atoms with Crippen LogP contribution in [0.4, 0.5) is 5.69 Å². The Hall–Kier alpha value is -1.31. The van der Waals surface area contributed by atoms with E-state index in [1.165, 1.54) is 31.4 Å². The lowest BCUT2D eigenvalue weighted by Gasteiger charge is -2.42. The van der Waals surface area contributed by atoms with E-state index in [9.17, 15) is 4.79 Å². The van der Waals surface area contributed by atoms with Crippen molar-refractivity contribution in [2.45, 2.75) is 52.9 Å². The minimum Gasteiger partial charge on any atom is -0.371 e. The van der Waals surface area contributed by atoms with Gasteiger partial charge in [0.15, 0.2) is 5.78 Å². The van der Waals surface area contributed by atoms with Crippen molar-refractivity contribution >= 4 is 11.5 Å². The number of piperidine rings is 1. The molecule has 0 radical (unpaired) electrons. The lowest BCUT2D eigenvalue weighted by molar-refractivity contribution is 0.0988. The fraction of sp³-hybridized carbons (Fsp3) is 0.611. The molecule has 2 heteroatoms. The topological polar surface area (TPSA) is 20.3 Å². The quantitative estimate of drug-likeness (QED) is 0.726. The molecule has 20 heavy (non-hydrogen) atoms. The first-order valence-corrected chi connectivity index (χ1v) is 8.02. The Bertz CT molecular complexity index is 435. The van der Waals surface area contributed by atoms with E-state index in [4.69, 9.17) is 0 Å². The van der Waals surface area contributed by atoms with Gasteiger partial charge in [-0.25, -0.2) is 0 Å². The smallest absolute Gasteiger partial charge is 0.162 e. The Morgan fingerprint density at radius 1 is 1.05 bits per heavy atom. The van der Waals surface area contributed by atoms with E-state index >= 15 is 0 Å². The van der Waals surface area contributed by atoms with Gasteiger partial charge >= 0.3 is 0 Å². The van der Waals surface area contributed by atoms with Crippen LogP contribution >= 0.6 is 0 Å². The highest BCUT2D eigenvalue weighted by molar-refractivity contribution is 5.96. The third kappa shape index (κ3) is 3.05. The largest absolute Gasteiger partial charge is 0.371 e. The summed E-state index contributed by atoms with van der Waals surface area (Å²) in [7, 11) is 0. The molecule has 1 aliphatic heterocycles. The number of nitrogens with zero attached hydrogens (tertiary/aromatic N) is 1. The summed E-state index contributed by atoms with van der Waals surface area (Å²) >= 11 is 0. The zero-order chi connectivity index (χ0) is 14.6. The van der Waals surface area contributed by atoms with Gasteiger partial charge in [-0.05, 0) is 42.5 Å². The van der Waals surface area contributed by atoms with Gasteiger partial charge in [-0.15, -0.1) is 0 Å². The van der Waals surface area contributed by atoms with Crippen molar-refractivity contribution in [3.63, 3.8) is 0 Å². The Labute approximate surface area is 123 Å². The van der Waals surface area contributed by atoms with Gasteiger partial charge in [-0.2, -0.15) is 0 Å². The number of carbonyl (C=O) groups is 1. The van der Waals surface area contributed by atoms with Crippen molar-refractivity contribution in [3.8, 4) is 0 Å². The number of benzene rings is 1. The Kier molecular flexibility index (Phi) is 4.85. The second-order valence-corrected chi connectivity index (χ2v) is 6.02. The van der Waals surface area contributed by atoms with Crippen molar-refractivity contribution in [1.82, 2.24) is 0 Å². The maximum absolute atomic E-state index is 11.7. The van der Waals surface area contributed by atoms with Gasteiger partial charge in [0, 0.05) is 30.8 Å². The SMILES string of the molecule is CCC(=O)c1ccc(N2CCC(CC)(CC)CC2)cc1. The van der Waals surface area contributed by atoms with Crippen LogP contribution in [0.3, 0.4) is 0 Å². The Balaban J connectivity index is 2.02. The molecule has 1 heterocycles. The third-order valence-electron chi connectivity index (χ3n) is 5.20. The van der Waals surface area contributed by atoms with Crippen LogP contribution in [-0.2, 0) is 0 Å². The molecule has 0 aliphatic carbocycles. The zero-order valence-corrected chi connectivity index (χ0v) is 13.1. The summed E-state index contributed by atoms with van der Waals surface area (Å²) in [5.74, 6) is 0.228. The highest BCUT2D eigenvalue weighted by Gasteiger charge is 2.31. The minimum absolute atomic E-state index is 0.228. The molecular weight excluding hydrogens is 246 g/mol. The van der Waals surface area contributed by atoms with E-state index in [0.717, 1.165) is 18.7 Å². The highest BCUT2D eigenvalue weighted by atomic mass is 16.1. The molecule has 1 aliphatic rings. The van der Waals surface area contributed by atoms with Crippen molar-refractivity contribution in [2.24, 2.45) is 5.41 Å². The number of Topliss-reactive ketones (excluding diaryl/α,β-unsaturated/α-hetero) is 1. The van der Waals surface area contributed by atoms with E-state index in [1.807, 2.05) is 19.1 Å². The predicted molar refractivity (Wildman–Crippen MR) is 85.5 cm³/mol. The van der Waals surface area contributed by atoms with E-state index in [-0.39, 0.29) is 5.78 Å². The minimum atomic E-state index is 0.228. The van der Waals surface area contributed by atoms with Gasteiger partial charge in [0.05, 0.1) is 0 Å². The second-order valence-electron chi connectivity index (χ2n) is 6.02. The van der Waals surface area contributed by atoms with Gasteiger partial charge in [0.1, 0.15) is 0 Å². The molecule has 110 valence electrons. The number of ketones is 1. The summed E-state index contributed by atoms with van der Waals surface area (Å²) in [4.78, 5) is 14.1. The number of anilines is 1. The number of rotatable bonds is 5. The van der Waals surface area contributed by atoms with Crippen LogP contribution < -0.4 is 4.90 Å². The average Bonchev–Trinajstić information content (AvgIpc) is 2.54. The highest BCUT2D eigenvalue weighted by Crippen LogP contribution is 2.39. The molecule has 0 atom stereocenters. The fourth-order valence-electron chi connectivity index (χ4n) is 3.26. The molecule has 0 saturated carbocycles. The molecular formula is C18H27NO. The van der Waals surface area contributed by atoms with Crippen molar-refractivity contribution in [1.29, 1.82) is 0 Å². The fourth-order valence-corrected chi connectivity index (χ4v) is 3.26. The van der Waals surface area contributed by atoms with Crippen LogP contribution in [-0.4, -0.2) is 18.9 Å². The van der Waals surface area contributed by atoms with Gasteiger partial charge in [-0.3, -0.25) is 4.79 Å². The summed E-state index contributed by atoms with van der Waals surface area (Å²) < 4.78 is 0. The van der Waals surface area contributed by atoms with Crippen LogP contribution in [0, 0.1) is 5.41 Å². The van der Waals surface area contributed by atoms with E-state index in [2.05, 4.69) is 30.9 Å². The Morgan fingerprint density at radius 3 is 2.05 bits per heavy atom. The first-order valence-electron chi connectivity index (χ1n) is 8.02. The van der Waals surface area contributed by atoms with Gasteiger partial charge < -0.3 is 4.90 Å². The van der Waals surface area contributed by atoms with Crippen LogP contribution in [0.2, 0.25) is 0 Å². The van der Waals surface area contributed by atoms with E-state index in [0.29, 0.717) is 11.8 Å². The van der Waals surface area contributed by atoms with E-state index in [1.54, 1.807) is 0 Å². The summed E-state index contributed by atoms with van der Waals surface area (Å²) in [5.41, 5.74) is 2.66. The molecule has 0 N–H and O–H groups in total. The molecule has 0 bridgehead atoms. The lowest BCUT2D eigenvalue weighted by Crippen LogP contribution is -2.39. The van der Waals surface area contributed by atoms with Gasteiger partial charge in [0.25, 0.3) is 0 Å². The molecule has 1 aromatic carbocycles. The molecule has 0 unspecified atom stereocenters. The molecule has 1 fully saturated rings. The maximum atomic E-state index is 11.7. The summed E-state index contributed by atoms with van der Waals surface area (Å²) in [6, 6.07) is 8.16. The molecule has 1 saturated heterocycles. The summed E-state index contributed by atoms with van der Waals surface area (Å²) in [6.07, 6.45) is 5.74. The molecule has 0 aromatic heterocycles. The third-order valence-corrected chi connectivity index (χ3v) is 5.20. The maximum Gasteiger partial charge on any atom is 0.162 e. The number of hydrogen-bond acceptors (Lipinski definition) is 2. The molecule has 2 nitrogen and oxygen atoms in total. The predicted octanol–water partition coefficient (Wildman–Crippen LogP) is 4.69. The normalized spacial score (nSPS) is 18.1. The number of carbonyl (C=O) groups excluding carboxylic acids is 1. The van der Waals surface area contributed by atoms with Crippen LogP contribution in [0.1, 0.15) is 63.2 Å². The zero-order valence-electron chi connectivity index (χ0n) is 13.1. The standard InChI is InChI=1S/C18H27NO/c1-4-17(20)15-7-9-16(10-8-15)19-13-11-18(5-2,6-3)12-14-19/h7-10H,4-6,11-14H2,1-3H3. The monoisotopic (exact) mass is 273 g/mol. The second kappa shape index (κ2) is 6.43. The molecule has 0 spiro atoms.